The van der Waals surface area contributed by atoms with E-state index in [0.29, 0.717) is 11.3 Å². The normalized spacial score (nSPS) is 10.5. The molecule has 0 spiro atoms. The number of benzene rings is 1. The van der Waals surface area contributed by atoms with Gasteiger partial charge in [0.2, 0.25) is 0 Å². The van der Waals surface area contributed by atoms with Crippen LogP contribution in [0, 0.1) is 0 Å². The van der Waals surface area contributed by atoms with Crippen molar-refractivity contribution in [3.63, 3.8) is 0 Å². The Morgan fingerprint density at radius 2 is 1.81 bits per heavy atom. The van der Waals surface area contributed by atoms with Crippen molar-refractivity contribution in [1.29, 1.82) is 0 Å². The quantitative estimate of drug-likeness (QED) is 0.589. The van der Waals surface area contributed by atoms with E-state index in [2.05, 4.69) is 24.4 Å². The van der Waals surface area contributed by atoms with Gasteiger partial charge in [-0.15, -0.1) is 0 Å². The van der Waals surface area contributed by atoms with Gasteiger partial charge in [-0.1, -0.05) is 5.16 Å². The van der Waals surface area contributed by atoms with Gasteiger partial charge in [0, 0.05) is 36.4 Å². The van der Waals surface area contributed by atoms with Crippen LogP contribution >= 0.6 is 0 Å². The van der Waals surface area contributed by atoms with Crippen molar-refractivity contribution in [1.82, 2.24) is 19.5 Å². The maximum atomic E-state index is 11.8. The van der Waals surface area contributed by atoms with E-state index >= 15 is 0 Å². The molecule has 0 aliphatic heterocycles. The van der Waals surface area contributed by atoms with Crippen LogP contribution in [0.2, 0.25) is 0 Å². The van der Waals surface area contributed by atoms with Gasteiger partial charge in [-0.25, -0.2) is 9.97 Å². The highest BCUT2D eigenvalue weighted by Crippen LogP contribution is 2.21. The van der Waals surface area contributed by atoms with E-state index in [0.717, 1.165) is 5.56 Å². The number of hydrogen-bond donors (Lipinski definition) is 1. The molecular weight excluding hydrogens is 360 g/mol. The van der Waals surface area contributed by atoms with E-state index in [1.807, 2.05) is 0 Å². The molecule has 0 bridgehead atoms. The molecule has 0 aliphatic rings. The Bertz CT molecular complexity index is 1020. The molecule has 0 radical (unpaired) electrons. The van der Waals surface area contributed by atoms with E-state index in [-0.39, 0.29) is 11.4 Å². The smallest absolute Gasteiger partial charge is 0.387 e. The second-order valence-corrected chi connectivity index (χ2v) is 5.09. The second kappa shape index (κ2) is 8.04. The molecule has 138 valence electrons. The molecule has 0 atom stereocenters. The molecule has 27 heavy (non-hydrogen) atoms. The van der Waals surface area contributed by atoms with Crippen molar-refractivity contribution in [3.8, 4) is 17.0 Å². The van der Waals surface area contributed by atoms with Crippen LogP contribution in [0.5, 0.6) is 5.75 Å². The first-order chi connectivity index (χ1) is 13.0. The standard InChI is InChI=1S/C10H7F2NO2.C7H6N4O/c11-10(12)15-8-3-1-7(2-4-8)9-5-6-14-13-9;8-6(12)5-7-10-2-4-11(7)3-1-9-5/h1-6,10H;1-4H,(H2,8,12). The molecule has 1 aromatic carbocycles. The summed E-state index contributed by atoms with van der Waals surface area (Å²) in [4.78, 5) is 18.6. The zero-order chi connectivity index (χ0) is 19.2. The number of amides is 1. The summed E-state index contributed by atoms with van der Waals surface area (Å²) in [5.41, 5.74) is 7.21. The first-order valence-electron chi connectivity index (χ1n) is 7.57. The van der Waals surface area contributed by atoms with Crippen LogP contribution in [0.4, 0.5) is 8.78 Å². The number of nitrogens with two attached hydrogens (primary N) is 1. The molecule has 0 fully saturated rings. The van der Waals surface area contributed by atoms with Crippen molar-refractivity contribution < 1.29 is 22.8 Å². The fraction of sp³-hybridized carbons (Fsp3) is 0.0588. The van der Waals surface area contributed by atoms with Crippen LogP contribution in [0.25, 0.3) is 16.9 Å². The fourth-order valence-corrected chi connectivity index (χ4v) is 2.20. The average Bonchev–Trinajstić information content (AvgIpc) is 3.33. The number of aromatic nitrogens is 4. The predicted molar refractivity (Wildman–Crippen MR) is 90.1 cm³/mol. The molecule has 8 nitrogen and oxygen atoms in total. The van der Waals surface area contributed by atoms with Crippen molar-refractivity contribution in [2.75, 3.05) is 0 Å². The highest BCUT2D eigenvalue weighted by Gasteiger charge is 2.08. The van der Waals surface area contributed by atoms with Gasteiger partial charge in [-0.2, -0.15) is 8.78 Å². The Morgan fingerprint density at radius 3 is 2.41 bits per heavy atom. The number of ether oxygens (including phenoxy) is 1. The fourth-order valence-electron chi connectivity index (χ4n) is 2.20. The number of halogens is 2. The van der Waals surface area contributed by atoms with E-state index in [4.69, 9.17) is 5.73 Å². The monoisotopic (exact) mass is 373 g/mol. The lowest BCUT2D eigenvalue weighted by molar-refractivity contribution is -0.0498. The van der Waals surface area contributed by atoms with Gasteiger partial charge in [0.1, 0.15) is 17.7 Å². The first-order valence-corrected chi connectivity index (χ1v) is 7.57. The molecule has 3 heterocycles. The third kappa shape index (κ3) is 4.42. The molecule has 4 aromatic rings. The highest BCUT2D eigenvalue weighted by molar-refractivity contribution is 5.96. The van der Waals surface area contributed by atoms with Crippen molar-refractivity contribution in [3.05, 3.63) is 67.1 Å². The molecular formula is C17H13F2N5O3. The number of fused-ring (bicyclic) bond motifs is 1. The molecule has 0 aliphatic carbocycles. The lowest BCUT2D eigenvalue weighted by atomic mass is 10.1. The van der Waals surface area contributed by atoms with E-state index in [1.165, 1.54) is 24.6 Å². The Balaban J connectivity index is 0.000000159. The number of hydrogen-bond acceptors (Lipinski definition) is 6. The average molecular weight is 373 g/mol. The second-order valence-electron chi connectivity index (χ2n) is 5.09. The van der Waals surface area contributed by atoms with E-state index in [9.17, 15) is 13.6 Å². The molecule has 4 rings (SSSR count). The summed E-state index contributed by atoms with van der Waals surface area (Å²) < 4.78 is 34.2. The zero-order valence-corrected chi connectivity index (χ0v) is 13.7. The minimum absolute atomic E-state index is 0.122. The lowest BCUT2D eigenvalue weighted by Gasteiger charge is -2.03. The number of nitrogens with zero attached hydrogens (tertiary/aromatic N) is 4. The largest absolute Gasteiger partial charge is 0.435 e. The summed E-state index contributed by atoms with van der Waals surface area (Å²) in [5.74, 6) is -0.441. The zero-order valence-electron chi connectivity index (χ0n) is 13.7. The van der Waals surface area contributed by atoms with Gasteiger partial charge in [-0.05, 0) is 24.3 Å². The van der Waals surface area contributed by atoms with Gasteiger partial charge < -0.3 is 19.4 Å². The van der Waals surface area contributed by atoms with Crippen LogP contribution in [0.15, 0.2) is 65.9 Å². The Labute approximate surface area is 151 Å². The van der Waals surface area contributed by atoms with Gasteiger partial charge in [-0.3, -0.25) is 4.79 Å². The number of rotatable bonds is 4. The Morgan fingerprint density at radius 1 is 1.11 bits per heavy atom. The minimum atomic E-state index is -2.80. The van der Waals surface area contributed by atoms with Crippen LogP contribution < -0.4 is 10.5 Å². The van der Waals surface area contributed by atoms with E-state index in [1.54, 1.807) is 41.2 Å². The third-order valence-electron chi connectivity index (χ3n) is 3.36. The maximum Gasteiger partial charge on any atom is 0.387 e. The molecule has 1 amide bonds. The van der Waals surface area contributed by atoms with Crippen LogP contribution in [-0.2, 0) is 0 Å². The summed E-state index contributed by atoms with van der Waals surface area (Å²) in [6.45, 7) is -2.80. The minimum Gasteiger partial charge on any atom is -0.435 e. The number of carbonyl (C=O) groups excluding carboxylic acids is 1. The van der Waals surface area contributed by atoms with Crippen LogP contribution in [-0.4, -0.2) is 32.0 Å². The highest BCUT2D eigenvalue weighted by atomic mass is 19.3. The molecule has 10 heteroatoms. The van der Waals surface area contributed by atoms with Crippen molar-refractivity contribution in [2.24, 2.45) is 5.73 Å². The topological polar surface area (TPSA) is 109 Å². The van der Waals surface area contributed by atoms with Crippen molar-refractivity contribution >= 4 is 11.6 Å². The molecule has 0 unspecified atom stereocenters. The predicted octanol–water partition coefficient (Wildman–Crippen LogP) is 2.77. The number of imidazole rings is 1. The molecule has 0 saturated carbocycles. The summed E-state index contributed by atoms with van der Waals surface area (Å²) in [6, 6.07) is 7.86. The maximum absolute atomic E-state index is 11.8. The Kier molecular flexibility index (Phi) is 5.36. The summed E-state index contributed by atoms with van der Waals surface area (Å²) in [5, 5.41) is 3.71. The summed E-state index contributed by atoms with van der Waals surface area (Å²) in [6.07, 6.45) is 7.97. The van der Waals surface area contributed by atoms with Crippen LogP contribution in [0.1, 0.15) is 10.5 Å². The Hall–Kier alpha value is -3.82. The SMILES string of the molecule is FC(F)Oc1ccc(-c2ccon2)cc1.NC(=O)c1nccn2ccnc12. The van der Waals surface area contributed by atoms with Gasteiger partial charge in [0.05, 0.1) is 0 Å². The van der Waals surface area contributed by atoms with Crippen molar-refractivity contribution in [2.45, 2.75) is 6.61 Å². The lowest BCUT2D eigenvalue weighted by Crippen LogP contribution is -2.14. The number of carbonyl (C=O) groups is 1. The number of primary amides is 1. The summed E-state index contributed by atoms with van der Waals surface area (Å²) >= 11 is 0. The third-order valence-corrected chi connectivity index (χ3v) is 3.36. The van der Waals surface area contributed by atoms with E-state index < -0.39 is 12.5 Å². The molecule has 0 saturated heterocycles. The first kappa shape index (κ1) is 18.0. The van der Waals surface area contributed by atoms with Gasteiger partial charge >= 0.3 is 6.61 Å². The molecule has 3 aromatic heterocycles. The van der Waals surface area contributed by atoms with Gasteiger partial charge in [0.15, 0.2) is 11.3 Å². The van der Waals surface area contributed by atoms with Crippen LogP contribution in [0.3, 0.4) is 0 Å². The van der Waals surface area contributed by atoms with Gasteiger partial charge in [0.25, 0.3) is 5.91 Å². The summed E-state index contributed by atoms with van der Waals surface area (Å²) in [7, 11) is 0. The molecule has 2 N–H and O–H groups in total. The number of alkyl halides is 2.